The van der Waals surface area contributed by atoms with Gasteiger partial charge >= 0.3 is 0 Å². The van der Waals surface area contributed by atoms with Gasteiger partial charge in [-0.05, 0) is 73.1 Å². The molecule has 2 heterocycles. The molecule has 3 aromatic carbocycles. The third-order valence-corrected chi connectivity index (χ3v) is 6.80. The largest absolute Gasteiger partial charge is 0.495 e. The molecule has 0 radical (unpaired) electrons. The van der Waals surface area contributed by atoms with Gasteiger partial charge in [-0.15, -0.1) is 0 Å². The summed E-state index contributed by atoms with van der Waals surface area (Å²) < 4.78 is 11.2. The summed E-state index contributed by atoms with van der Waals surface area (Å²) in [6.07, 6.45) is 0. The molecular formula is C29H32N4O3. The second-order valence-corrected chi connectivity index (χ2v) is 9.27. The van der Waals surface area contributed by atoms with E-state index in [1.54, 1.807) is 7.11 Å². The van der Waals surface area contributed by atoms with Crippen LogP contribution in [0.1, 0.15) is 21.5 Å². The Morgan fingerprint density at radius 3 is 2.39 bits per heavy atom. The van der Waals surface area contributed by atoms with E-state index in [9.17, 15) is 4.79 Å². The van der Waals surface area contributed by atoms with Gasteiger partial charge in [0.15, 0.2) is 0 Å². The molecule has 0 atom stereocenters. The molecule has 0 aromatic heterocycles. The first-order valence-electron chi connectivity index (χ1n) is 12.3. The van der Waals surface area contributed by atoms with Gasteiger partial charge in [-0.1, -0.05) is 18.2 Å². The molecule has 5 rings (SSSR count). The Kier molecular flexibility index (Phi) is 6.91. The fourth-order valence-electron chi connectivity index (χ4n) is 4.70. The number of benzene rings is 3. The first-order valence-corrected chi connectivity index (χ1v) is 12.3. The van der Waals surface area contributed by atoms with Gasteiger partial charge in [0.05, 0.1) is 19.3 Å². The number of rotatable bonds is 6. The van der Waals surface area contributed by atoms with Gasteiger partial charge in [-0.25, -0.2) is 4.99 Å². The van der Waals surface area contributed by atoms with Crippen molar-refractivity contribution < 1.29 is 14.3 Å². The average Bonchev–Trinajstić information content (AvgIpc) is 3.44. The van der Waals surface area contributed by atoms with Crippen LogP contribution in [0.3, 0.4) is 0 Å². The normalized spacial score (nSPS) is 15.9. The first kappa shape index (κ1) is 23.9. The van der Waals surface area contributed by atoms with Crippen LogP contribution in [0.2, 0.25) is 0 Å². The van der Waals surface area contributed by atoms with Crippen LogP contribution >= 0.6 is 0 Å². The Balaban J connectivity index is 1.30. The lowest BCUT2D eigenvalue weighted by molar-refractivity contribution is 0.102. The van der Waals surface area contributed by atoms with Gasteiger partial charge in [0.1, 0.15) is 12.4 Å². The van der Waals surface area contributed by atoms with Gasteiger partial charge < -0.3 is 24.6 Å². The van der Waals surface area contributed by atoms with Gasteiger partial charge in [-0.3, -0.25) is 4.79 Å². The summed E-state index contributed by atoms with van der Waals surface area (Å²) >= 11 is 0. The second-order valence-electron chi connectivity index (χ2n) is 9.27. The molecule has 2 aliphatic rings. The van der Waals surface area contributed by atoms with E-state index in [0.29, 0.717) is 24.6 Å². The van der Waals surface area contributed by atoms with Crippen LogP contribution in [0.5, 0.6) is 5.75 Å². The number of likely N-dealkylation sites (N-methyl/N-ethyl adjacent to an activating group) is 1. The van der Waals surface area contributed by atoms with Crippen LogP contribution in [-0.4, -0.2) is 70.2 Å². The van der Waals surface area contributed by atoms with E-state index >= 15 is 0 Å². The molecule has 1 saturated heterocycles. The quantitative estimate of drug-likeness (QED) is 0.560. The highest BCUT2D eigenvalue weighted by Gasteiger charge is 2.19. The topological polar surface area (TPSA) is 66.4 Å². The zero-order chi connectivity index (χ0) is 25.1. The Labute approximate surface area is 212 Å². The summed E-state index contributed by atoms with van der Waals surface area (Å²) in [4.78, 5) is 22.0. The molecule has 0 aliphatic carbocycles. The van der Waals surface area contributed by atoms with Crippen molar-refractivity contribution in [3.05, 3.63) is 77.4 Å². The summed E-state index contributed by atoms with van der Waals surface area (Å²) in [7, 11) is 3.81. The highest BCUT2D eigenvalue weighted by molar-refractivity contribution is 6.05. The van der Waals surface area contributed by atoms with E-state index < -0.39 is 0 Å². The molecule has 1 N–H and O–H groups in total. The number of ether oxygens (including phenoxy) is 2. The molecule has 36 heavy (non-hydrogen) atoms. The maximum Gasteiger partial charge on any atom is 0.255 e. The summed E-state index contributed by atoms with van der Waals surface area (Å²) in [5, 5.41) is 3.05. The molecule has 1 amide bonds. The lowest BCUT2D eigenvalue weighted by Gasteiger charge is -2.34. The molecular weight excluding hydrogens is 452 g/mol. The van der Waals surface area contributed by atoms with Crippen LogP contribution in [-0.2, 0) is 4.74 Å². The van der Waals surface area contributed by atoms with E-state index in [-0.39, 0.29) is 5.91 Å². The Bertz CT molecular complexity index is 1280. The lowest BCUT2D eigenvalue weighted by atomic mass is 9.97. The molecule has 3 aromatic rings. The number of piperazine rings is 1. The van der Waals surface area contributed by atoms with Crippen LogP contribution in [0.15, 0.2) is 65.7 Å². The zero-order valence-corrected chi connectivity index (χ0v) is 21.1. The SMILES string of the molecule is COc1ccc(NC(=O)c2ccc(-c3ccc(C4=NCCO4)cc3C)cc2)cc1N1CCN(C)CC1. The number of methoxy groups -OCH3 is 1. The highest BCUT2D eigenvalue weighted by Crippen LogP contribution is 2.32. The number of nitrogens with zero attached hydrogens (tertiary/aromatic N) is 3. The summed E-state index contributed by atoms with van der Waals surface area (Å²) in [5.74, 6) is 1.39. The fourth-order valence-corrected chi connectivity index (χ4v) is 4.70. The molecule has 7 heteroatoms. The average molecular weight is 485 g/mol. The lowest BCUT2D eigenvalue weighted by Crippen LogP contribution is -2.44. The predicted octanol–water partition coefficient (Wildman–Crippen LogP) is 4.45. The van der Waals surface area contributed by atoms with E-state index in [0.717, 1.165) is 65.6 Å². The monoisotopic (exact) mass is 484 g/mol. The highest BCUT2D eigenvalue weighted by atomic mass is 16.5. The Morgan fingerprint density at radius 2 is 1.72 bits per heavy atom. The first-order chi connectivity index (χ1) is 17.5. The second kappa shape index (κ2) is 10.4. The number of carbonyl (C=O) groups excluding carboxylic acids is 1. The third-order valence-electron chi connectivity index (χ3n) is 6.80. The molecule has 2 aliphatic heterocycles. The van der Waals surface area contributed by atoms with Gasteiger partial charge in [0.2, 0.25) is 5.90 Å². The minimum absolute atomic E-state index is 0.139. The van der Waals surface area contributed by atoms with Crippen LogP contribution in [0.25, 0.3) is 11.1 Å². The van der Waals surface area contributed by atoms with Crippen molar-refractivity contribution in [3.63, 3.8) is 0 Å². The van der Waals surface area contributed by atoms with Crippen molar-refractivity contribution in [1.82, 2.24) is 4.90 Å². The smallest absolute Gasteiger partial charge is 0.255 e. The minimum atomic E-state index is -0.139. The zero-order valence-electron chi connectivity index (χ0n) is 21.1. The van der Waals surface area contributed by atoms with Gasteiger partial charge in [-0.2, -0.15) is 0 Å². The van der Waals surface area contributed by atoms with E-state index in [1.165, 1.54) is 0 Å². The summed E-state index contributed by atoms with van der Waals surface area (Å²) in [5.41, 5.74) is 6.69. The number of aryl methyl sites for hydroxylation is 1. The number of hydrogen-bond donors (Lipinski definition) is 1. The Morgan fingerprint density at radius 1 is 0.972 bits per heavy atom. The maximum atomic E-state index is 13.0. The molecule has 1 fully saturated rings. The Hall–Kier alpha value is -3.84. The standard InChI is InChI=1S/C29H32N4O3/c1-20-18-23(29-30-12-17-36-29)8-10-25(20)21-4-6-22(7-5-21)28(34)31-24-9-11-27(35-3)26(19-24)33-15-13-32(2)14-16-33/h4-11,18-19H,12-17H2,1-3H3,(H,31,34). The molecule has 0 unspecified atom stereocenters. The van der Waals surface area contributed by atoms with Crippen molar-refractivity contribution in [3.8, 4) is 16.9 Å². The van der Waals surface area contributed by atoms with Crippen molar-refractivity contribution >= 4 is 23.2 Å². The molecule has 0 bridgehead atoms. The van der Waals surface area contributed by atoms with Crippen LogP contribution < -0.4 is 15.0 Å². The molecule has 0 saturated carbocycles. The molecule has 0 spiro atoms. The van der Waals surface area contributed by atoms with Crippen molar-refractivity contribution in [2.45, 2.75) is 6.92 Å². The summed E-state index contributed by atoms with van der Waals surface area (Å²) in [6, 6.07) is 19.7. The van der Waals surface area contributed by atoms with Crippen molar-refractivity contribution in [1.29, 1.82) is 0 Å². The number of amides is 1. The van der Waals surface area contributed by atoms with E-state index in [1.807, 2.05) is 48.5 Å². The van der Waals surface area contributed by atoms with E-state index in [2.05, 4.69) is 46.2 Å². The van der Waals surface area contributed by atoms with Crippen LogP contribution in [0, 0.1) is 6.92 Å². The van der Waals surface area contributed by atoms with Gasteiger partial charge in [0, 0.05) is 43.0 Å². The molecule has 7 nitrogen and oxygen atoms in total. The number of aliphatic imine (C=N–C) groups is 1. The predicted molar refractivity (Wildman–Crippen MR) is 145 cm³/mol. The van der Waals surface area contributed by atoms with Gasteiger partial charge in [0.25, 0.3) is 5.91 Å². The summed E-state index contributed by atoms with van der Waals surface area (Å²) in [6.45, 7) is 7.28. The number of nitrogens with one attached hydrogen (secondary N) is 1. The number of hydrogen-bond acceptors (Lipinski definition) is 6. The molecule has 186 valence electrons. The van der Waals surface area contributed by atoms with Crippen molar-refractivity contribution in [2.75, 3.05) is 63.7 Å². The number of anilines is 2. The van der Waals surface area contributed by atoms with E-state index in [4.69, 9.17) is 9.47 Å². The fraction of sp³-hybridized carbons (Fsp3) is 0.310. The number of carbonyl (C=O) groups is 1. The third kappa shape index (κ3) is 5.06. The minimum Gasteiger partial charge on any atom is -0.495 e. The maximum absolute atomic E-state index is 13.0. The van der Waals surface area contributed by atoms with Crippen LogP contribution in [0.4, 0.5) is 11.4 Å². The van der Waals surface area contributed by atoms with Crippen molar-refractivity contribution in [2.24, 2.45) is 4.99 Å².